The summed E-state index contributed by atoms with van der Waals surface area (Å²) >= 11 is 0. The maximum Gasteiger partial charge on any atom is 0.123 e. The molecule has 8 rings (SSSR count). The van der Waals surface area contributed by atoms with Crippen LogP contribution in [-0.2, 0) is 20.1 Å². The first kappa shape index (κ1) is 35.4. The van der Waals surface area contributed by atoms with Crippen molar-refractivity contribution in [2.75, 3.05) is 0 Å². The molecule has 0 N–H and O–H groups in total. The summed E-state index contributed by atoms with van der Waals surface area (Å²) < 4.78 is 52.0. The van der Waals surface area contributed by atoms with Crippen molar-refractivity contribution in [2.45, 2.75) is 66.0 Å². The molecule has 0 aliphatic rings. The number of rotatable bonds is 7. The molecule has 0 saturated carbocycles. The average molecular weight is 935 g/mol. The molecule has 6 heteroatoms. The molecule has 0 fully saturated rings. The van der Waals surface area contributed by atoms with Gasteiger partial charge in [0.1, 0.15) is 11.4 Å². The molecule has 0 atom stereocenters. The molecular weight excluding hydrogens is 884 g/mol. The monoisotopic (exact) mass is 935 g/mol. The Morgan fingerprint density at radius 3 is 2.21 bits per heavy atom. The summed E-state index contributed by atoms with van der Waals surface area (Å²) in [6.07, 6.45) is 3.74. The Morgan fingerprint density at radius 1 is 0.768 bits per heavy atom. The predicted octanol–water partition coefficient (Wildman–Crippen LogP) is 13.6. The van der Waals surface area contributed by atoms with Gasteiger partial charge < -0.3 is 14.4 Å². The van der Waals surface area contributed by atoms with Crippen LogP contribution >= 0.6 is 0 Å². The van der Waals surface area contributed by atoms with Gasteiger partial charge in [0.15, 0.2) is 0 Å². The summed E-state index contributed by atoms with van der Waals surface area (Å²) in [5.41, 5.74) is 10.7. The number of aromatic nitrogens is 2. The van der Waals surface area contributed by atoms with E-state index in [2.05, 4.69) is 62.7 Å². The van der Waals surface area contributed by atoms with E-state index in [0.29, 0.717) is 17.2 Å². The maximum absolute atomic E-state index is 13.3. The van der Waals surface area contributed by atoms with Crippen LogP contribution in [0, 0.1) is 24.8 Å². The van der Waals surface area contributed by atoms with Crippen LogP contribution in [0.5, 0.6) is 0 Å². The second-order valence-electron chi connectivity index (χ2n) is 15.4. The molecule has 3 aromatic heterocycles. The summed E-state index contributed by atoms with van der Waals surface area (Å²) in [5.74, 6) is -0.575. The molecule has 0 aliphatic heterocycles. The number of hydrogen-bond acceptors (Lipinski definition) is 3. The van der Waals surface area contributed by atoms with E-state index in [4.69, 9.17) is 14.9 Å². The van der Waals surface area contributed by atoms with E-state index in [1.807, 2.05) is 99.0 Å². The molecule has 0 amide bonds. The van der Waals surface area contributed by atoms with Crippen molar-refractivity contribution < 1.29 is 34.4 Å². The molecule has 0 spiro atoms. The number of halogens is 1. The van der Waals surface area contributed by atoms with Crippen molar-refractivity contribution >= 4 is 35.2 Å². The minimum atomic E-state index is -2.23. The topological polar surface area (TPSA) is 38.9 Å². The first-order valence-electron chi connectivity index (χ1n) is 20.6. The van der Waals surface area contributed by atoms with Crippen LogP contribution in [0.1, 0.15) is 61.7 Å². The van der Waals surface area contributed by atoms with Gasteiger partial charge in [0.05, 0.1) is 13.7 Å². The van der Waals surface area contributed by atoms with Crippen LogP contribution in [0.3, 0.4) is 0 Å². The van der Waals surface area contributed by atoms with E-state index in [9.17, 15) is 4.39 Å². The van der Waals surface area contributed by atoms with Crippen LogP contribution in [0.4, 0.5) is 4.39 Å². The molecule has 56 heavy (non-hydrogen) atoms. The van der Waals surface area contributed by atoms with Gasteiger partial charge in [-0.1, -0.05) is 149 Å². The van der Waals surface area contributed by atoms with Gasteiger partial charge in [0, 0.05) is 43.4 Å². The van der Waals surface area contributed by atoms with Crippen LogP contribution in [0.15, 0.2) is 132 Å². The number of hydrogen-bond donors (Lipinski definition) is 0. The molecule has 0 saturated heterocycles. The minimum Gasteiger partial charge on any atom is -0.501 e. The zero-order valence-corrected chi connectivity index (χ0v) is 36.1. The normalized spacial score (nSPS) is 12.9. The number of benzene rings is 5. The summed E-state index contributed by atoms with van der Waals surface area (Å²) in [4.78, 5) is 9.25. The third-order valence-electron chi connectivity index (χ3n) is 9.88. The molecule has 1 radical (unpaired) electrons. The van der Waals surface area contributed by atoms with Gasteiger partial charge in [-0.3, -0.25) is 0 Å². The first-order valence-corrected chi connectivity index (χ1v) is 22.1. The molecule has 3 heterocycles. The van der Waals surface area contributed by atoms with Gasteiger partial charge in [-0.25, -0.2) is 4.39 Å². The van der Waals surface area contributed by atoms with Gasteiger partial charge in [0.2, 0.25) is 0 Å². The van der Waals surface area contributed by atoms with E-state index >= 15 is 0 Å². The quantitative estimate of drug-likeness (QED) is 0.118. The zero-order valence-electron chi connectivity index (χ0n) is 36.7. The molecule has 285 valence electrons. The Hall–Kier alpha value is -5.00. The Morgan fingerprint density at radius 2 is 1.52 bits per heavy atom. The van der Waals surface area contributed by atoms with E-state index in [0.717, 1.165) is 61.0 Å². The fourth-order valence-corrected chi connectivity index (χ4v) is 8.39. The largest absolute Gasteiger partial charge is 0.501 e. The Balaban J connectivity index is 0.000000198. The predicted molar refractivity (Wildman–Crippen MR) is 231 cm³/mol. The van der Waals surface area contributed by atoms with Crippen molar-refractivity contribution in [1.29, 1.82) is 0 Å². The summed E-state index contributed by atoms with van der Waals surface area (Å²) in [6.45, 7) is 12.7. The number of aryl methyl sites for hydroxylation is 1. The SMILES string of the molecule is CC(C)c1ccnc(-c2[c-]ccc3c2oc2cc(-c4ccc(F)cc4)ccc23)c1.[2H]C([2H])([2H])c1c[c-]c(-c2cc(C([2H])(C)C)c([Si](C)(C)C)cn2)cc1-c1ccccc1.[Ir]. The molecule has 8 aromatic rings. The Labute approximate surface area is 351 Å². The van der Waals surface area contributed by atoms with Crippen LogP contribution in [0.25, 0.3) is 66.7 Å². The van der Waals surface area contributed by atoms with Gasteiger partial charge in [-0.15, -0.1) is 47.5 Å². The fraction of sp³-hybridized carbons (Fsp3) is 0.200. The van der Waals surface area contributed by atoms with Crippen molar-refractivity contribution in [1.82, 2.24) is 9.97 Å². The van der Waals surface area contributed by atoms with E-state index < -0.39 is 20.8 Å². The molecule has 5 aromatic carbocycles. The zero-order chi connectivity index (χ0) is 42.3. The molecule has 3 nitrogen and oxygen atoms in total. The van der Waals surface area contributed by atoms with Crippen molar-refractivity contribution in [3.63, 3.8) is 0 Å². The van der Waals surface area contributed by atoms with Crippen LogP contribution in [-0.4, -0.2) is 18.0 Å². The second kappa shape index (κ2) is 17.0. The minimum absolute atomic E-state index is 0. The summed E-state index contributed by atoms with van der Waals surface area (Å²) in [7, 11) is -1.68. The average Bonchev–Trinajstić information content (AvgIpc) is 3.58. The number of fused-ring (bicyclic) bond motifs is 3. The van der Waals surface area contributed by atoms with E-state index in [-0.39, 0.29) is 31.5 Å². The molecule has 0 bridgehead atoms. The summed E-state index contributed by atoms with van der Waals surface area (Å²) in [5, 5.41) is 3.26. The standard InChI is InChI=1S/C26H19FNO.C24H28NSi.Ir/c1-16(2)18-12-13-28-24(14-18)23-5-3-4-22-21-11-8-19(15-25(21)29-26(22)23)17-6-9-20(27)10-7-17;1-17(2)21-15-23(25-16-24(21)26(4,5)6)20-13-12-18(3)22(14-20)19-10-8-7-9-11-19;/h3-4,6-16H,1-2H3;7-12,14-17H,1-6H3;/q2*-1;/i;3D3,17D;. The maximum atomic E-state index is 13.3. The fourth-order valence-electron chi connectivity index (χ4n) is 6.81. The van der Waals surface area contributed by atoms with Gasteiger partial charge >= 0.3 is 0 Å². The van der Waals surface area contributed by atoms with E-state index in [1.54, 1.807) is 18.2 Å². The van der Waals surface area contributed by atoms with Crippen molar-refractivity contribution in [2.24, 2.45) is 0 Å². The van der Waals surface area contributed by atoms with Gasteiger partial charge in [-0.05, 0) is 69.3 Å². The third-order valence-corrected chi connectivity index (χ3v) is 11.9. The smallest absolute Gasteiger partial charge is 0.123 e. The Bertz CT molecular complexity index is 2770. The number of furan rings is 1. The van der Waals surface area contributed by atoms with Crippen molar-refractivity contribution in [3.8, 4) is 44.8 Å². The summed E-state index contributed by atoms with van der Waals surface area (Å²) in [6, 6.07) is 42.1. The van der Waals surface area contributed by atoms with Gasteiger partial charge in [-0.2, -0.15) is 0 Å². The second-order valence-corrected chi connectivity index (χ2v) is 20.5. The first-order chi connectivity index (χ1) is 27.9. The van der Waals surface area contributed by atoms with Gasteiger partial charge in [0.25, 0.3) is 0 Å². The Kier molecular flexibility index (Phi) is 10.8. The van der Waals surface area contributed by atoms with Crippen molar-refractivity contribution in [3.05, 3.63) is 162 Å². The molecular formula is C50H47FIrN2OSi-2. The van der Waals surface area contributed by atoms with E-state index in [1.165, 1.54) is 22.9 Å². The van der Waals surface area contributed by atoms with Crippen LogP contribution in [0.2, 0.25) is 19.6 Å². The number of nitrogens with zero attached hydrogens (tertiary/aromatic N) is 2. The molecule has 0 aliphatic carbocycles. The molecule has 0 unspecified atom stereocenters. The van der Waals surface area contributed by atoms with Crippen LogP contribution < -0.4 is 5.19 Å². The number of pyridine rings is 2. The third kappa shape index (κ3) is 8.69.